The zero-order valence-electron chi connectivity index (χ0n) is 14.6. The van der Waals surface area contributed by atoms with Crippen LogP contribution in [0.3, 0.4) is 0 Å². The number of benzene rings is 1. The van der Waals surface area contributed by atoms with Gasteiger partial charge in [0.1, 0.15) is 6.61 Å². The fraction of sp³-hybridized carbons (Fsp3) is 0.211. The number of nitrogens with two attached hydrogens (primary N) is 1. The van der Waals surface area contributed by atoms with Gasteiger partial charge in [0.05, 0.1) is 33.9 Å². The molecular weight excluding hydrogens is 386 g/mol. The van der Waals surface area contributed by atoms with Crippen molar-refractivity contribution >= 4 is 35.2 Å². The number of rotatable bonds is 7. The number of carbonyl (C=O) groups is 2. The van der Waals surface area contributed by atoms with Gasteiger partial charge in [-0.2, -0.15) is 5.26 Å². The maximum atomic E-state index is 12.7. The van der Waals surface area contributed by atoms with Gasteiger partial charge in [-0.25, -0.2) is 4.79 Å². The van der Waals surface area contributed by atoms with Crippen LogP contribution in [0.4, 0.5) is 0 Å². The van der Waals surface area contributed by atoms with E-state index in [1.165, 1.54) is 6.08 Å². The molecule has 0 bridgehead atoms. The minimum absolute atomic E-state index is 0.00766. The summed E-state index contributed by atoms with van der Waals surface area (Å²) in [5, 5.41) is 13.7. The Balaban J connectivity index is 2.60. The number of amides is 1. The van der Waals surface area contributed by atoms with Gasteiger partial charge in [-0.05, 0) is 18.6 Å². The fourth-order valence-electron chi connectivity index (χ4n) is 2.67. The number of hydrogen-bond donors (Lipinski definition) is 2. The van der Waals surface area contributed by atoms with E-state index in [-0.39, 0.29) is 23.5 Å². The Morgan fingerprint density at radius 3 is 2.78 bits per heavy atom. The van der Waals surface area contributed by atoms with Gasteiger partial charge in [0.15, 0.2) is 0 Å². The molecule has 0 aromatic heterocycles. The maximum Gasteiger partial charge on any atom is 0.337 e. The van der Waals surface area contributed by atoms with Crippen molar-refractivity contribution in [1.82, 2.24) is 5.32 Å². The molecule has 2 rings (SSSR count). The highest BCUT2D eigenvalue weighted by Crippen LogP contribution is 2.43. The minimum Gasteiger partial charge on any atom is -0.458 e. The van der Waals surface area contributed by atoms with Crippen LogP contribution >= 0.6 is 23.4 Å². The molecule has 1 heterocycles. The summed E-state index contributed by atoms with van der Waals surface area (Å²) in [4.78, 5) is 23.8. The molecule has 0 aliphatic carbocycles. The highest BCUT2D eigenvalue weighted by Gasteiger charge is 2.36. The van der Waals surface area contributed by atoms with Gasteiger partial charge in [0, 0.05) is 10.7 Å². The maximum absolute atomic E-state index is 12.7. The molecule has 6 nitrogen and oxygen atoms in total. The van der Waals surface area contributed by atoms with E-state index in [0.29, 0.717) is 21.3 Å². The van der Waals surface area contributed by atoms with Crippen LogP contribution in [0.25, 0.3) is 0 Å². The largest absolute Gasteiger partial charge is 0.458 e. The highest BCUT2D eigenvalue weighted by atomic mass is 35.5. The number of thioether (sulfide) groups is 1. The van der Waals surface area contributed by atoms with Crippen LogP contribution in [0, 0.1) is 11.3 Å². The van der Waals surface area contributed by atoms with Crippen molar-refractivity contribution < 1.29 is 14.3 Å². The topological polar surface area (TPSA) is 105 Å². The first-order chi connectivity index (χ1) is 12.9. The van der Waals surface area contributed by atoms with E-state index in [1.807, 2.05) is 0 Å². The number of nitrogens with zero attached hydrogens (tertiary/aromatic N) is 1. The molecule has 0 saturated heterocycles. The number of dihydropyridines is 1. The monoisotopic (exact) mass is 403 g/mol. The van der Waals surface area contributed by atoms with Crippen molar-refractivity contribution in [2.24, 2.45) is 5.73 Å². The standard InChI is InChI=1S/C19H18ClN3O3S/c1-3-8-26-19(25)16-11(2)23-18(27-10-15(22)24)13(9-21)17(16)12-6-4-5-7-14(12)20/h3-7,17,23H,1,8,10H2,2H3,(H2,22,24). The predicted molar refractivity (Wildman–Crippen MR) is 105 cm³/mol. The van der Waals surface area contributed by atoms with Crippen molar-refractivity contribution in [2.75, 3.05) is 12.4 Å². The number of ether oxygens (including phenoxy) is 1. The molecule has 0 spiro atoms. The van der Waals surface area contributed by atoms with Crippen LogP contribution in [-0.2, 0) is 14.3 Å². The molecule has 0 fully saturated rings. The molecule has 1 amide bonds. The summed E-state index contributed by atoms with van der Waals surface area (Å²) in [5.41, 5.74) is 6.88. The van der Waals surface area contributed by atoms with Gasteiger partial charge in [-0.3, -0.25) is 4.79 Å². The van der Waals surface area contributed by atoms with E-state index < -0.39 is 17.8 Å². The van der Waals surface area contributed by atoms with Crippen LogP contribution in [-0.4, -0.2) is 24.2 Å². The molecule has 1 atom stereocenters. The summed E-state index contributed by atoms with van der Waals surface area (Å²) in [6, 6.07) is 9.11. The van der Waals surface area contributed by atoms with E-state index in [4.69, 9.17) is 22.1 Å². The summed E-state index contributed by atoms with van der Waals surface area (Å²) >= 11 is 7.46. The second-order valence-corrected chi connectivity index (χ2v) is 7.01. The summed E-state index contributed by atoms with van der Waals surface area (Å²) in [6.07, 6.45) is 1.46. The molecule has 0 radical (unpaired) electrons. The molecule has 1 aromatic carbocycles. The number of primary amides is 1. The third-order valence-corrected chi connectivity index (χ3v) is 5.16. The van der Waals surface area contributed by atoms with Gasteiger partial charge in [-0.1, -0.05) is 54.2 Å². The van der Waals surface area contributed by atoms with Crippen LogP contribution in [0.2, 0.25) is 5.02 Å². The van der Waals surface area contributed by atoms with Crippen LogP contribution in [0.15, 0.2) is 58.8 Å². The Kier molecular flexibility index (Phi) is 7.11. The highest BCUT2D eigenvalue weighted by molar-refractivity contribution is 8.03. The molecule has 1 aromatic rings. The number of esters is 1. The first-order valence-electron chi connectivity index (χ1n) is 7.96. The summed E-state index contributed by atoms with van der Waals surface area (Å²) < 4.78 is 5.21. The normalized spacial score (nSPS) is 16.4. The van der Waals surface area contributed by atoms with Gasteiger partial charge < -0.3 is 15.8 Å². The van der Waals surface area contributed by atoms with Crippen molar-refractivity contribution in [3.05, 3.63) is 69.4 Å². The average molecular weight is 404 g/mol. The second-order valence-electron chi connectivity index (χ2n) is 5.61. The van der Waals surface area contributed by atoms with Crippen molar-refractivity contribution in [3.63, 3.8) is 0 Å². The Bertz CT molecular complexity index is 886. The Morgan fingerprint density at radius 2 is 2.19 bits per heavy atom. The van der Waals surface area contributed by atoms with E-state index in [1.54, 1.807) is 31.2 Å². The Hall–Kier alpha value is -2.69. The van der Waals surface area contributed by atoms with Crippen molar-refractivity contribution in [1.29, 1.82) is 5.26 Å². The van der Waals surface area contributed by atoms with Crippen LogP contribution in [0.1, 0.15) is 18.4 Å². The first kappa shape index (κ1) is 20.6. The van der Waals surface area contributed by atoms with Crippen LogP contribution in [0.5, 0.6) is 0 Å². The van der Waals surface area contributed by atoms with E-state index in [0.717, 1.165) is 11.8 Å². The SMILES string of the molecule is C=CCOC(=O)C1=C(C)NC(SCC(N)=O)=C(C#N)C1c1ccccc1Cl. The number of nitriles is 1. The number of allylic oxidation sites excluding steroid dienone is 2. The molecule has 3 N–H and O–H groups in total. The zero-order valence-corrected chi connectivity index (χ0v) is 16.2. The molecule has 1 aliphatic rings. The quantitative estimate of drug-likeness (QED) is 0.535. The minimum atomic E-state index is -0.724. The van der Waals surface area contributed by atoms with E-state index >= 15 is 0 Å². The molecule has 0 saturated carbocycles. The molecule has 1 aliphatic heterocycles. The first-order valence-corrected chi connectivity index (χ1v) is 9.32. The van der Waals surface area contributed by atoms with Gasteiger partial charge in [-0.15, -0.1) is 0 Å². The third-order valence-electron chi connectivity index (χ3n) is 3.77. The summed E-state index contributed by atoms with van der Waals surface area (Å²) in [5.74, 6) is -1.82. The molecular formula is C19H18ClN3O3S. The summed E-state index contributed by atoms with van der Waals surface area (Å²) in [7, 11) is 0. The van der Waals surface area contributed by atoms with E-state index in [9.17, 15) is 14.9 Å². The molecule has 8 heteroatoms. The van der Waals surface area contributed by atoms with Gasteiger partial charge in [0.2, 0.25) is 5.91 Å². The lowest BCUT2D eigenvalue weighted by Gasteiger charge is -2.29. The van der Waals surface area contributed by atoms with Gasteiger partial charge in [0.25, 0.3) is 0 Å². The number of nitrogens with one attached hydrogen (secondary N) is 1. The van der Waals surface area contributed by atoms with E-state index in [2.05, 4.69) is 18.0 Å². The third kappa shape index (κ3) is 4.73. The van der Waals surface area contributed by atoms with Crippen molar-refractivity contribution in [3.8, 4) is 6.07 Å². The zero-order chi connectivity index (χ0) is 20.0. The van der Waals surface area contributed by atoms with Crippen molar-refractivity contribution in [2.45, 2.75) is 12.8 Å². The smallest absolute Gasteiger partial charge is 0.337 e. The Labute approximate surface area is 166 Å². The number of hydrogen-bond acceptors (Lipinski definition) is 6. The lowest BCUT2D eigenvalue weighted by atomic mass is 9.82. The fourth-order valence-corrected chi connectivity index (χ4v) is 3.75. The molecule has 140 valence electrons. The average Bonchev–Trinajstić information content (AvgIpc) is 2.64. The molecule has 1 unspecified atom stereocenters. The lowest BCUT2D eigenvalue weighted by molar-refractivity contribution is -0.138. The second kappa shape index (κ2) is 9.31. The van der Waals surface area contributed by atoms with Crippen LogP contribution < -0.4 is 11.1 Å². The number of halogens is 1. The van der Waals surface area contributed by atoms with Gasteiger partial charge >= 0.3 is 5.97 Å². The number of carbonyl (C=O) groups excluding carboxylic acids is 2. The summed E-state index contributed by atoms with van der Waals surface area (Å²) in [6.45, 7) is 5.28. The molecule has 27 heavy (non-hydrogen) atoms. The predicted octanol–water partition coefficient (Wildman–Crippen LogP) is 2.98. The lowest BCUT2D eigenvalue weighted by Crippen LogP contribution is -2.29. The Morgan fingerprint density at radius 1 is 1.48 bits per heavy atom.